The molecule has 3 heterocycles. The number of amides is 1. The molecule has 1 spiro atoms. The Morgan fingerprint density at radius 3 is 2.48 bits per heavy atom. The average Bonchev–Trinajstić information content (AvgIpc) is 3.47. The largest absolute Gasteiger partial charge is 0.497 e. The van der Waals surface area contributed by atoms with Crippen molar-refractivity contribution in [1.29, 1.82) is 0 Å². The molecule has 2 aromatic carbocycles. The van der Waals surface area contributed by atoms with Crippen LogP contribution in [-0.4, -0.2) is 59.8 Å². The van der Waals surface area contributed by atoms with Gasteiger partial charge in [-0.05, 0) is 43.7 Å². The van der Waals surface area contributed by atoms with Gasteiger partial charge in [0.25, 0.3) is 5.91 Å². The summed E-state index contributed by atoms with van der Waals surface area (Å²) in [6, 6.07) is 15.8. The van der Waals surface area contributed by atoms with Crippen LogP contribution in [0.15, 0.2) is 48.5 Å². The van der Waals surface area contributed by atoms with Crippen molar-refractivity contribution in [3.63, 3.8) is 0 Å². The molecule has 2 aliphatic rings. The van der Waals surface area contributed by atoms with Crippen molar-refractivity contribution in [3.05, 3.63) is 65.4 Å². The lowest BCUT2D eigenvalue weighted by Gasteiger charge is -2.37. The third-order valence-electron chi connectivity index (χ3n) is 6.50. The van der Waals surface area contributed by atoms with Gasteiger partial charge in [0.2, 0.25) is 0 Å². The van der Waals surface area contributed by atoms with E-state index in [1.165, 1.54) is 5.56 Å². The normalized spacial score (nSPS) is 17.5. The number of nitrogens with zero attached hydrogens (tertiary/aromatic N) is 3. The van der Waals surface area contributed by atoms with Crippen LogP contribution in [0.3, 0.4) is 0 Å². The quantitative estimate of drug-likeness (QED) is 0.601. The molecule has 5 rings (SSSR count). The van der Waals surface area contributed by atoms with E-state index in [2.05, 4.69) is 13.0 Å². The van der Waals surface area contributed by atoms with Crippen molar-refractivity contribution in [2.24, 2.45) is 0 Å². The zero-order chi connectivity index (χ0) is 23.0. The first-order chi connectivity index (χ1) is 16.0. The topological polar surface area (TPSA) is 65.8 Å². The van der Waals surface area contributed by atoms with Crippen molar-refractivity contribution in [2.75, 3.05) is 33.4 Å². The fourth-order valence-electron chi connectivity index (χ4n) is 4.68. The van der Waals surface area contributed by atoms with Crippen LogP contribution in [-0.2, 0) is 9.47 Å². The van der Waals surface area contributed by atoms with E-state index in [0.717, 1.165) is 28.3 Å². The highest BCUT2D eigenvalue weighted by atomic mass is 16.7. The monoisotopic (exact) mass is 447 g/mol. The molecule has 0 N–H and O–H groups in total. The molecule has 2 aliphatic heterocycles. The number of ether oxygens (including phenoxy) is 3. The predicted octanol–water partition coefficient (Wildman–Crippen LogP) is 4.14. The number of carbonyl (C=O) groups excluding carboxylic acids is 1. The van der Waals surface area contributed by atoms with Crippen LogP contribution in [0.25, 0.3) is 16.9 Å². The number of carbonyl (C=O) groups is 1. The van der Waals surface area contributed by atoms with Gasteiger partial charge in [0.05, 0.1) is 31.7 Å². The standard InChI is InChI=1S/C26H29N3O4/c1-18-7-8-23(19(2)15-18)29-24(17-22(27-29)20-5-4-6-21(16-20)31-3)25(30)28-11-9-26(10-12-28)32-13-14-33-26/h4-8,15-17H,9-14H2,1-3H3. The maximum Gasteiger partial charge on any atom is 0.272 e. The molecule has 33 heavy (non-hydrogen) atoms. The van der Waals surface area contributed by atoms with Gasteiger partial charge in [-0.3, -0.25) is 4.79 Å². The predicted molar refractivity (Wildman–Crippen MR) is 125 cm³/mol. The Balaban J connectivity index is 1.52. The molecule has 7 heteroatoms. The van der Waals surface area contributed by atoms with Crippen molar-refractivity contribution in [1.82, 2.24) is 14.7 Å². The zero-order valence-corrected chi connectivity index (χ0v) is 19.3. The number of likely N-dealkylation sites (tertiary alicyclic amines) is 1. The maximum atomic E-state index is 13.7. The van der Waals surface area contributed by atoms with Gasteiger partial charge in [0.1, 0.15) is 11.4 Å². The number of aromatic nitrogens is 2. The summed E-state index contributed by atoms with van der Waals surface area (Å²) in [5.74, 6) is 0.194. The minimum atomic E-state index is -0.518. The van der Waals surface area contributed by atoms with Gasteiger partial charge in [-0.25, -0.2) is 4.68 Å². The Labute approximate surface area is 193 Å². The number of hydrogen-bond donors (Lipinski definition) is 0. The Morgan fingerprint density at radius 1 is 1.03 bits per heavy atom. The molecule has 2 fully saturated rings. The lowest BCUT2D eigenvalue weighted by Crippen LogP contribution is -2.47. The van der Waals surface area contributed by atoms with Crippen LogP contribution in [0.4, 0.5) is 0 Å². The fraction of sp³-hybridized carbons (Fsp3) is 0.385. The summed E-state index contributed by atoms with van der Waals surface area (Å²) >= 11 is 0. The lowest BCUT2D eigenvalue weighted by atomic mass is 10.0. The van der Waals surface area contributed by atoms with Crippen molar-refractivity contribution >= 4 is 5.91 Å². The number of rotatable bonds is 4. The molecule has 0 aliphatic carbocycles. The van der Waals surface area contributed by atoms with E-state index in [1.54, 1.807) is 11.8 Å². The highest BCUT2D eigenvalue weighted by molar-refractivity contribution is 5.94. The molecule has 3 aromatic rings. The highest BCUT2D eigenvalue weighted by Gasteiger charge is 2.41. The third-order valence-corrected chi connectivity index (χ3v) is 6.50. The molecule has 0 saturated carbocycles. The molecule has 0 bridgehead atoms. The Bertz CT molecular complexity index is 1170. The van der Waals surface area contributed by atoms with Crippen LogP contribution in [0.2, 0.25) is 0 Å². The number of hydrogen-bond acceptors (Lipinski definition) is 5. The fourth-order valence-corrected chi connectivity index (χ4v) is 4.68. The second-order valence-electron chi connectivity index (χ2n) is 8.75. The molecule has 2 saturated heterocycles. The summed E-state index contributed by atoms with van der Waals surface area (Å²) in [7, 11) is 1.64. The van der Waals surface area contributed by atoms with E-state index >= 15 is 0 Å². The molecular weight excluding hydrogens is 418 g/mol. The summed E-state index contributed by atoms with van der Waals surface area (Å²) in [6.07, 6.45) is 1.36. The Morgan fingerprint density at radius 2 is 1.79 bits per heavy atom. The Hall–Kier alpha value is -3.16. The van der Waals surface area contributed by atoms with Crippen molar-refractivity contribution in [3.8, 4) is 22.7 Å². The van der Waals surface area contributed by atoms with E-state index in [1.807, 2.05) is 54.3 Å². The first-order valence-electron chi connectivity index (χ1n) is 11.4. The summed E-state index contributed by atoms with van der Waals surface area (Å²) in [6.45, 7) is 6.53. The first kappa shape index (κ1) is 21.7. The van der Waals surface area contributed by atoms with Crippen LogP contribution in [0, 0.1) is 13.8 Å². The van der Waals surface area contributed by atoms with Gasteiger partial charge < -0.3 is 19.1 Å². The number of methoxy groups -OCH3 is 1. The van der Waals surface area contributed by atoms with Gasteiger partial charge in [-0.2, -0.15) is 5.10 Å². The second kappa shape index (κ2) is 8.65. The number of piperidine rings is 1. The summed E-state index contributed by atoms with van der Waals surface area (Å²) in [4.78, 5) is 15.6. The molecule has 0 radical (unpaired) electrons. The molecule has 1 aromatic heterocycles. The van der Waals surface area contributed by atoms with E-state index in [4.69, 9.17) is 19.3 Å². The second-order valence-corrected chi connectivity index (χ2v) is 8.75. The highest BCUT2D eigenvalue weighted by Crippen LogP contribution is 2.33. The van der Waals surface area contributed by atoms with Crippen LogP contribution >= 0.6 is 0 Å². The summed E-state index contributed by atoms with van der Waals surface area (Å²) < 4.78 is 18.8. The molecule has 1 amide bonds. The Kier molecular flexibility index (Phi) is 5.68. The molecule has 7 nitrogen and oxygen atoms in total. The number of aryl methyl sites for hydroxylation is 2. The van der Waals surface area contributed by atoms with Crippen molar-refractivity contribution < 1.29 is 19.0 Å². The lowest BCUT2D eigenvalue weighted by molar-refractivity contribution is -0.181. The van der Waals surface area contributed by atoms with E-state index in [-0.39, 0.29) is 5.91 Å². The van der Waals surface area contributed by atoms with Gasteiger partial charge in [-0.1, -0.05) is 29.8 Å². The van der Waals surface area contributed by atoms with Crippen molar-refractivity contribution in [2.45, 2.75) is 32.5 Å². The van der Waals surface area contributed by atoms with Gasteiger partial charge >= 0.3 is 0 Å². The summed E-state index contributed by atoms with van der Waals surface area (Å²) in [5.41, 5.74) is 5.31. The average molecular weight is 448 g/mol. The van der Waals surface area contributed by atoms with Gasteiger partial charge in [0, 0.05) is 31.5 Å². The van der Waals surface area contributed by atoms with Crippen LogP contribution in [0.5, 0.6) is 5.75 Å². The molecule has 0 unspecified atom stereocenters. The molecule has 172 valence electrons. The van der Waals surface area contributed by atoms with E-state index < -0.39 is 5.79 Å². The van der Waals surface area contributed by atoms with Gasteiger partial charge in [-0.15, -0.1) is 0 Å². The third kappa shape index (κ3) is 4.14. The maximum absolute atomic E-state index is 13.7. The van der Waals surface area contributed by atoms with Gasteiger partial charge in [0.15, 0.2) is 5.79 Å². The molecular formula is C26H29N3O4. The SMILES string of the molecule is COc1cccc(-c2cc(C(=O)N3CCC4(CC3)OCCO4)n(-c3ccc(C)cc3C)n2)c1. The molecule has 0 atom stereocenters. The van der Waals surface area contributed by atoms with Crippen LogP contribution in [0.1, 0.15) is 34.5 Å². The number of benzene rings is 2. The summed E-state index contributed by atoms with van der Waals surface area (Å²) in [5, 5.41) is 4.87. The minimum Gasteiger partial charge on any atom is -0.497 e. The first-order valence-corrected chi connectivity index (χ1v) is 11.4. The van der Waals surface area contributed by atoms with E-state index in [0.29, 0.717) is 44.8 Å². The van der Waals surface area contributed by atoms with Crippen LogP contribution < -0.4 is 4.74 Å². The smallest absolute Gasteiger partial charge is 0.272 e. The van der Waals surface area contributed by atoms with E-state index in [9.17, 15) is 4.79 Å². The zero-order valence-electron chi connectivity index (χ0n) is 19.3. The minimum absolute atomic E-state index is 0.0375.